The number of aliphatic hydroxyl groups excluding tert-OH is 1. The van der Waals surface area contributed by atoms with E-state index in [0.717, 1.165) is 13.0 Å². The second kappa shape index (κ2) is 2.67. The molecule has 0 amide bonds. The number of rotatable bonds is 1. The van der Waals surface area contributed by atoms with Crippen LogP contribution in [0.3, 0.4) is 0 Å². The number of nitrogens with zero attached hydrogens (tertiary/aromatic N) is 1. The predicted molar refractivity (Wildman–Crippen MR) is 37.3 cm³/mol. The normalized spacial score (nSPS) is 37.7. The molecule has 0 saturated carbocycles. The standard InChI is InChI=1S/C7H15NO/c1-6-3-7(5-9)4-8(6)2/h6-7,9H,3-5H2,1-2H3/t6-,7?/m1/s1. The molecule has 1 saturated heterocycles. The van der Waals surface area contributed by atoms with Crippen LogP contribution >= 0.6 is 0 Å². The van der Waals surface area contributed by atoms with Crippen LogP contribution in [0.5, 0.6) is 0 Å². The van der Waals surface area contributed by atoms with Gasteiger partial charge >= 0.3 is 0 Å². The molecule has 1 fully saturated rings. The fourth-order valence-corrected chi connectivity index (χ4v) is 1.46. The highest BCUT2D eigenvalue weighted by Gasteiger charge is 2.24. The van der Waals surface area contributed by atoms with E-state index in [1.54, 1.807) is 0 Å². The lowest BCUT2D eigenvalue weighted by molar-refractivity contribution is 0.227. The summed E-state index contributed by atoms with van der Waals surface area (Å²) in [6.45, 7) is 3.63. The molecule has 1 rings (SSSR count). The second-order valence-corrected chi connectivity index (χ2v) is 3.07. The van der Waals surface area contributed by atoms with E-state index in [-0.39, 0.29) is 0 Å². The molecule has 2 nitrogen and oxygen atoms in total. The van der Waals surface area contributed by atoms with Crippen molar-refractivity contribution in [3.63, 3.8) is 0 Å². The van der Waals surface area contributed by atoms with Crippen LogP contribution in [0.1, 0.15) is 13.3 Å². The molecule has 1 aliphatic heterocycles. The van der Waals surface area contributed by atoms with Crippen LogP contribution in [0.15, 0.2) is 0 Å². The maximum absolute atomic E-state index is 8.77. The largest absolute Gasteiger partial charge is 0.396 e. The summed E-state index contributed by atoms with van der Waals surface area (Å²) in [4.78, 5) is 2.29. The molecule has 2 heteroatoms. The van der Waals surface area contributed by atoms with Crippen LogP contribution in [0.2, 0.25) is 0 Å². The Balaban J connectivity index is 2.35. The summed E-state index contributed by atoms with van der Waals surface area (Å²) in [7, 11) is 2.11. The van der Waals surface area contributed by atoms with Gasteiger partial charge in [0.25, 0.3) is 0 Å². The number of hydrogen-bond donors (Lipinski definition) is 1. The minimum absolute atomic E-state index is 0.356. The fourth-order valence-electron chi connectivity index (χ4n) is 1.46. The molecule has 0 aliphatic carbocycles. The van der Waals surface area contributed by atoms with Crippen molar-refractivity contribution in [2.45, 2.75) is 19.4 Å². The first kappa shape index (κ1) is 7.03. The lowest BCUT2D eigenvalue weighted by Crippen LogP contribution is -2.21. The van der Waals surface area contributed by atoms with Crippen molar-refractivity contribution >= 4 is 0 Å². The molecule has 1 N–H and O–H groups in total. The van der Waals surface area contributed by atoms with Gasteiger partial charge in [0, 0.05) is 19.2 Å². The molecule has 0 spiro atoms. The van der Waals surface area contributed by atoms with Gasteiger partial charge in [-0.05, 0) is 26.3 Å². The van der Waals surface area contributed by atoms with E-state index in [1.807, 2.05) is 0 Å². The van der Waals surface area contributed by atoms with Crippen LogP contribution in [0.4, 0.5) is 0 Å². The Morgan fingerprint density at radius 3 is 2.56 bits per heavy atom. The number of hydrogen-bond acceptors (Lipinski definition) is 2. The quantitative estimate of drug-likeness (QED) is 0.551. The lowest BCUT2D eigenvalue weighted by atomic mass is 10.1. The first-order valence-corrected chi connectivity index (χ1v) is 3.55. The first-order valence-electron chi connectivity index (χ1n) is 3.55. The zero-order valence-corrected chi connectivity index (χ0v) is 6.17. The zero-order chi connectivity index (χ0) is 6.85. The van der Waals surface area contributed by atoms with E-state index in [0.29, 0.717) is 18.6 Å². The minimum atomic E-state index is 0.356. The average molecular weight is 129 g/mol. The fraction of sp³-hybridized carbons (Fsp3) is 1.00. The van der Waals surface area contributed by atoms with Gasteiger partial charge in [0.2, 0.25) is 0 Å². The van der Waals surface area contributed by atoms with Gasteiger partial charge in [-0.1, -0.05) is 0 Å². The Morgan fingerprint density at radius 1 is 1.67 bits per heavy atom. The van der Waals surface area contributed by atoms with E-state index in [2.05, 4.69) is 18.9 Å². The highest BCUT2D eigenvalue weighted by atomic mass is 16.3. The number of aliphatic hydroxyl groups is 1. The van der Waals surface area contributed by atoms with E-state index >= 15 is 0 Å². The summed E-state index contributed by atoms with van der Waals surface area (Å²) < 4.78 is 0. The van der Waals surface area contributed by atoms with Gasteiger partial charge in [-0.25, -0.2) is 0 Å². The van der Waals surface area contributed by atoms with Crippen molar-refractivity contribution in [3.8, 4) is 0 Å². The van der Waals surface area contributed by atoms with Crippen molar-refractivity contribution in [2.24, 2.45) is 5.92 Å². The van der Waals surface area contributed by atoms with Gasteiger partial charge in [0.05, 0.1) is 0 Å². The van der Waals surface area contributed by atoms with Gasteiger partial charge in [-0.15, -0.1) is 0 Å². The Morgan fingerprint density at radius 2 is 2.33 bits per heavy atom. The summed E-state index contributed by atoms with van der Waals surface area (Å²) >= 11 is 0. The van der Waals surface area contributed by atoms with E-state index in [4.69, 9.17) is 5.11 Å². The molecule has 0 aromatic rings. The lowest BCUT2D eigenvalue weighted by Gasteiger charge is -2.12. The van der Waals surface area contributed by atoms with E-state index < -0.39 is 0 Å². The van der Waals surface area contributed by atoms with Gasteiger partial charge in [-0.2, -0.15) is 0 Å². The van der Waals surface area contributed by atoms with Gasteiger partial charge in [-0.3, -0.25) is 0 Å². The van der Waals surface area contributed by atoms with Crippen molar-refractivity contribution in [1.29, 1.82) is 0 Å². The molecule has 0 aromatic carbocycles. The van der Waals surface area contributed by atoms with Gasteiger partial charge < -0.3 is 10.0 Å². The van der Waals surface area contributed by atoms with Crippen molar-refractivity contribution in [2.75, 3.05) is 20.2 Å². The third-order valence-electron chi connectivity index (χ3n) is 2.23. The minimum Gasteiger partial charge on any atom is -0.396 e. The van der Waals surface area contributed by atoms with Crippen LogP contribution in [0, 0.1) is 5.92 Å². The van der Waals surface area contributed by atoms with Crippen molar-refractivity contribution in [1.82, 2.24) is 4.90 Å². The molecular formula is C7H15NO. The van der Waals surface area contributed by atoms with Crippen LogP contribution in [0.25, 0.3) is 0 Å². The van der Waals surface area contributed by atoms with Gasteiger partial charge in [0.1, 0.15) is 0 Å². The van der Waals surface area contributed by atoms with Gasteiger partial charge in [0.15, 0.2) is 0 Å². The SMILES string of the molecule is C[C@@H]1CC(CO)CN1C. The molecule has 0 radical (unpaired) electrons. The van der Waals surface area contributed by atoms with Crippen molar-refractivity contribution < 1.29 is 5.11 Å². The Kier molecular flexibility index (Phi) is 2.09. The third-order valence-corrected chi connectivity index (χ3v) is 2.23. The molecule has 54 valence electrons. The highest BCUT2D eigenvalue weighted by Crippen LogP contribution is 2.19. The van der Waals surface area contributed by atoms with Crippen LogP contribution in [-0.4, -0.2) is 36.2 Å². The summed E-state index contributed by atoms with van der Waals surface area (Å²) in [5.41, 5.74) is 0. The van der Waals surface area contributed by atoms with Crippen LogP contribution in [-0.2, 0) is 0 Å². The summed E-state index contributed by atoms with van der Waals surface area (Å²) in [5, 5.41) is 8.77. The van der Waals surface area contributed by atoms with E-state index in [9.17, 15) is 0 Å². The number of likely N-dealkylation sites (tertiary alicyclic amines) is 1. The Labute approximate surface area is 56.5 Å². The molecule has 0 aromatic heterocycles. The molecule has 1 heterocycles. The summed E-state index contributed by atoms with van der Waals surface area (Å²) in [6.07, 6.45) is 1.16. The topological polar surface area (TPSA) is 23.5 Å². The molecule has 1 aliphatic rings. The third kappa shape index (κ3) is 1.43. The monoisotopic (exact) mass is 129 g/mol. The predicted octanol–water partition coefficient (Wildman–Crippen LogP) is 0.319. The zero-order valence-electron chi connectivity index (χ0n) is 6.17. The van der Waals surface area contributed by atoms with Crippen molar-refractivity contribution in [3.05, 3.63) is 0 Å². The molecule has 2 atom stereocenters. The highest BCUT2D eigenvalue weighted by molar-refractivity contribution is 4.78. The second-order valence-electron chi connectivity index (χ2n) is 3.07. The smallest absolute Gasteiger partial charge is 0.0472 e. The molecule has 1 unspecified atom stereocenters. The summed E-state index contributed by atoms with van der Waals surface area (Å²) in [5.74, 6) is 0.532. The average Bonchev–Trinajstić information content (AvgIpc) is 2.13. The first-order chi connectivity index (χ1) is 4.24. The molecule has 0 bridgehead atoms. The van der Waals surface area contributed by atoms with Crippen LogP contribution < -0.4 is 0 Å². The maximum atomic E-state index is 8.77. The Hall–Kier alpha value is -0.0800. The Bertz CT molecular complexity index is 84.9. The maximum Gasteiger partial charge on any atom is 0.0472 e. The summed E-state index contributed by atoms with van der Waals surface area (Å²) in [6, 6.07) is 0.669. The van der Waals surface area contributed by atoms with E-state index in [1.165, 1.54) is 0 Å². The molecule has 9 heavy (non-hydrogen) atoms. The molecular weight excluding hydrogens is 114 g/mol.